The molecular weight excluding hydrogens is 368 g/mol. The van der Waals surface area contributed by atoms with Gasteiger partial charge in [0, 0.05) is 19.3 Å². The van der Waals surface area contributed by atoms with Crippen LogP contribution in [0.15, 0.2) is 54.7 Å². The van der Waals surface area contributed by atoms with Gasteiger partial charge in [-0.25, -0.2) is 0 Å². The molecular formula is C21H22N6O2. The number of carbonyl (C=O) groups is 2. The van der Waals surface area contributed by atoms with Crippen LogP contribution in [0.4, 0.5) is 5.95 Å². The summed E-state index contributed by atoms with van der Waals surface area (Å²) in [7, 11) is 0. The summed E-state index contributed by atoms with van der Waals surface area (Å²) in [6, 6.07) is 15.1. The molecule has 1 aliphatic rings. The van der Waals surface area contributed by atoms with E-state index in [0.29, 0.717) is 31.0 Å². The van der Waals surface area contributed by atoms with E-state index in [9.17, 15) is 9.59 Å². The molecule has 1 fully saturated rings. The van der Waals surface area contributed by atoms with Crippen molar-refractivity contribution in [2.24, 2.45) is 5.92 Å². The van der Waals surface area contributed by atoms with Crippen molar-refractivity contribution in [1.29, 1.82) is 0 Å². The normalized spacial score (nSPS) is 16.4. The second-order valence-electron chi connectivity index (χ2n) is 7.05. The first kappa shape index (κ1) is 18.8. The van der Waals surface area contributed by atoms with Crippen LogP contribution in [-0.4, -0.2) is 50.0 Å². The first-order chi connectivity index (χ1) is 14.2. The van der Waals surface area contributed by atoms with Gasteiger partial charge in [0.1, 0.15) is 5.69 Å². The minimum absolute atomic E-state index is 0.0454. The summed E-state index contributed by atoms with van der Waals surface area (Å²) in [6.07, 6.45) is 3.55. The Morgan fingerprint density at radius 2 is 1.97 bits per heavy atom. The van der Waals surface area contributed by atoms with Gasteiger partial charge in [-0.05, 0) is 30.5 Å². The first-order valence-corrected chi connectivity index (χ1v) is 9.65. The summed E-state index contributed by atoms with van der Waals surface area (Å²) in [4.78, 5) is 35.6. The number of piperidine rings is 1. The van der Waals surface area contributed by atoms with Gasteiger partial charge in [-0.15, -0.1) is 5.10 Å². The fraction of sp³-hybridized carbons (Fsp3) is 0.286. The number of aromatic amines is 1. The molecule has 1 aromatic carbocycles. The number of aromatic nitrogens is 4. The highest BCUT2D eigenvalue weighted by molar-refractivity contribution is 5.92. The lowest BCUT2D eigenvalue weighted by molar-refractivity contribution is -0.133. The molecule has 1 aliphatic heterocycles. The zero-order valence-corrected chi connectivity index (χ0v) is 15.9. The molecule has 3 heterocycles. The Kier molecular flexibility index (Phi) is 5.60. The van der Waals surface area contributed by atoms with E-state index in [1.807, 2.05) is 48.5 Å². The SMILES string of the molecule is O=C(Nc1n[nH]c(-c2ccccn2)n1)C1CCCN(C(=O)Cc2ccccc2)C1. The van der Waals surface area contributed by atoms with E-state index in [1.54, 1.807) is 11.1 Å². The van der Waals surface area contributed by atoms with E-state index in [1.165, 1.54) is 0 Å². The Balaban J connectivity index is 1.35. The summed E-state index contributed by atoms with van der Waals surface area (Å²) < 4.78 is 0. The number of pyridine rings is 1. The smallest absolute Gasteiger partial charge is 0.249 e. The summed E-state index contributed by atoms with van der Waals surface area (Å²) in [6.45, 7) is 1.09. The van der Waals surface area contributed by atoms with E-state index in [2.05, 4.69) is 25.5 Å². The third-order valence-corrected chi connectivity index (χ3v) is 4.97. The van der Waals surface area contributed by atoms with Crippen LogP contribution in [0, 0.1) is 5.92 Å². The van der Waals surface area contributed by atoms with Crippen molar-refractivity contribution in [3.63, 3.8) is 0 Å². The molecule has 0 aliphatic carbocycles. The van der Waals surface area contributed by atoms with Crippen molar-refractivity contribution in [2.45, 2.75) is 19.3 Å². The topological polar surface area (TPSA) is 104 Å². The third-order valence-electron chi connectivity index (χ3n) is 4.97. The Morgan fingerprint density at radius 1 is 1.14 bits per heavy atom. The van der Waals surface area contributed by atoms with Gasteiger partial charge in [0.25, 0.3) is 0 Å². The average molecular weight is 390 g/mol. The summed E-state index contributed by atoms with van der Waals surface area (Å²) in [5.41, 5.74) is 1.63. The number of carbonyl (C=O) groups excluding carboxylic acids is 2. The molecule has 4 rings (SSSR count). The van der Waals surface area contributed by atoms with Gasteiger partial charge < -0.3 is 4.90 Å². The molecule has 148 valence electrons. The molecule has 2 aromatic heterocycles. The number of likely N-dealkylation sites (tertiary alicyclic amines) is 1. The molecule has 0 spiro atoms. The number of rotatable bonds is 5. The van der Waals surface area contributed by atoms with Gasteiger partial charge in [-0.1, -0.05) is 36.4 Å². The highest BCUT2D eigenvalue weighted by atomic mass is 16.2. The minimum atomic E-state index is -0.278. The van der Waals surface area contributed by atoms with Crippen LogP contribution < -0.4 is 5.32 Å². The van der Waals surface area contributed by atoms with Crippen LogP contribution in [-0.2, 0) is 16.0 Å². The van der Waals surface area contributed by atoms with Gasteiger partial charge in [0.05, 0.1) is 12.3 Å². The van der Waals surface area contributed by atoms with Gasteiger partial charge in [0.15, 0.2) is 5.82 Å². The zero-order chi connectivity index (χ0) is 20.1. The highest BCUT2D eigenvalue weighted by Crippen LogP contribution is 2.20. The molecule has 0 bridgehead atoms. The Labute approximate surface area is 168 Å². The molecule has 2 amide bonds. The number of hydrogen-bond acceptors (Lipinski definition) is 5. The Bertz CT molecular complexity index is 973. The molecule has 29 heavy (non-hydrogen) atoms. The maximum absolute atomic E-state index is 12.7. The maximum atomic E-state index is 12.7. The van der Waals surface area contributed by atoms with Crippen molar-refractivity contribution in [1.82, 2.24) is 25.1 Å². The quantitative estimate of drug-likeness (QED) is 0.696. The molecule has 1 unspecified atom stereocenters. The van der Waals surface area contributed by atoms with Crippen molar-refractivity contribution in [2.75, 3.05) is 18.4 Å². The Hall–Kier alpha value is -3.55. The van der Waals surface area contributed by atoms with E-state index < -0.39 is 0 Å². The monoisotopic (exact) mass is 390 g/mol. The van der Waals surface area contributed by atoms with E-state index in [4.69, 9.17) is 0 Å². The lowest BCUT2D eigenvalue weighted by atomic mass is 9.96. The van der Waals surface area contributed by atoms with Crippen LogP contribution in [0.25, 0.3) is 11.5 Å². The number of H-pyrrole nitrogens is 1. The lowest BCUT2D eigenvalue weighted by Gasteiger charge is -2.32. The maximum Gasteiger partial charge on any atom is 0.249 e. The van der Waals surface area contributed by atoms with Crippen molar-refractivity contribution in [3.05, 3.63) is 60.3 Å². The van der Waals surface area contributed by atoms with E-state index in [-0.39, 0.29) is 23.7 Å². The van der Waals surface area contributed by atoms with Gasteiger partial charge in [0.2, 0.25) is 17.8 Å². The number of hydrogen-bond donors (Lipinski definition) is 2. The second kappa shape index (κ2) is 8.64. The molecule has 1 saturated heterocycles. The fourth-order valence-corrected chi connectivity index (χ4v) is 3.45. The number of amides is 2. The zero-order valence-electron chi connectivity index (χ0n) is 15.9. The largest absolute Gasteiger partial charge is 0.342 e. The third kappa shape index (κ3) is 4.66. The fourth-order valence-electron chi connectivity index (χ4n) is 3.45. The van der Waals surface area contributed by atoms with Crippen LogP contribution in [0.5, 0.6) is 0 Å². The van der Waals surface area contributed by atoms with Crippen molar-refractivity contribution >= 4 is 17.8 Å². The Morgan fingerprint density at radius 3 is 2.76 bits per heavy atom. The number of nitrogens with one attached hydrogen (secondary N) is 2. The molecule has 8 heteroatoms. The highest BCUT2D eigenvalue weighted by Gasteiger charge is 2.29. The lowest BCUT2D eigenvalue weighted by Crippen LogP contribution is -2.44. The molecule has 3 aromatic rings. The van der Waals surface area contributed by atoms with Gasteiger partial charge >= 0.3 is 0 Å². The summed E-state index contributed by atoms with van der Waals surface area (Å²) in [5, 5.41) is 9.58. The van der Waals surface area contributed by atoms with E-state index in [0.717, 1.165) is 18.4 Å². The molecule has 0 radical (unpaired) electrons. The first-order valence-electron chi connectivity index (χ1n) is 9.65. The minimum Gasteiger partial charge on any atom is -0.342 e. The van der Waals surface area contributed by atoms with Gasteiger partial charge in [-0.2, -0.15) is 4.98 Å². The predicted octanol–water partition coefficient (Wildman–Crippen LogP) is 2.29. The molecule has 0 saturated carbocycles. The van der Waals surface area contributed by atoms with Crippen LogP contribution in [0.3, 0.4) is 0 Å². The van der Waals surface area contributed by atoms with Crippen LogP contribution >= 0.6 is 0 Å². The number of anilines is 1. The predicted molar refractivity (Wildman–Crippen MR) is 108 cm³/mol. The van der Waals surface area contributed by atoms with Crippen molar-refractivity contribution in [3.8, 4) is 11.5 Å². The van der Waals surface area contributed by atoms with E-state index >= 15 is 0 Å². The standard InChI is InChI=1S/C21H22N6O2/c28-18(13-15-7-2-1-3-8-15)27-12-6-9-16(14-27)20(29)24-21-23-19(25-26-21)17-10-4-5-11-22-17/h1-5,7-8,10-11,16H,6,9,12-14H2,(H2,23,24,25,26,29). The van der Waals surface area contributed by atoms with Crippen molar-refractivity contribution < 1.29 is 9.59 Å². The average Bonchev–Trinajstić information content (AvgIpc) is 3.23. The van der Waals surface area contributed by atoms with Crippen LogP contribution in [0.1, 0.15) is 18.4 Å². The van der Waals surface area contributed by atoms with Crippen LogP contribution in [0.2, 0.25) is 0 Å². The summed E-state index contributed by atoms with van der Waals surface area (Å²) >= 11 is 0. The molecule has 2 N–H and O–H groups in total. The molecule has 1 atom stereocenters. The number of nitrogens with zero attached hydrogens (tertiary/aromatic N) is 4. The van der Waals surface area contributed by atoms with Gasteiger partial charge in [-0.3, -0.25) is 25.0 Å². The molecule has 8 nitrogen and oxygen atoms in total. The summed E-state index contributed by atoms with van der Waals surface area (Å²) in [5.74, 6) is 0.297. The second-order valence-corrected chi connectivity index (χ2v) is 7.05. The number of benzene rings is 1.